The van der Waals surface area contributed by atoms with Gasteiger partial charge in [0.2, 0.25) is 5.82 Å². The third kappa shape index (κ3) is 2.33. The molecule has 6 nitrogen and oxygen atoms in total. The minimum absolute atomic E-state index is 0.0525. The van der Waals surface area contributed by atoms with Crippen LogP contribution in [0.5, 0.6) is 0 Å². The number of benzene rings is 1. The Kier molecular flexibility index (Phi) is 3.28. The number of nitrogens with zero attached hydrogens (tertiary/aromatic N) is 3. The molecule has 0 aliphatic heterocycles. The zero-order chi connectivity index (χ0) is 13.3. The van der Waals surface area contributed by atoms with Gasteiger partial charge in [-0.05, 0) is 33.6 Å². The van der Waals surface area contributed by atoms with Crippen LogP contribution < -0.4 is 5.73 Å². The lowest BCUT2D eigenvalue weighted by atomic mass is 10.2. The third-order valence-electron chi connectivity index (χ3n) is 2.37. The fourth-order valence-electron chi connectivity index (χ4n) is 1.46. The molecular formula is C10H8BrFN4O2. The number of hydrogen-bond acceptors (Lipinski definition) is 4. The largest absolute Gasteiger partial charge is 0.378 e. The monoisotopic (exact) mass is 314 g/mol. The maximum absolute atomic E-state index is 13.3. The van der Waals surface area contributed by atoms with Crippen molar-refractivity contribution in [2.45, 2.75) is 6.54 Å². The van der Waals surface area contributed by atoms with Gasteiger partial charge in [-0.3, -0.25) is 10.1 Å². The molecule has 1 aromatic carbocycles. The Morgan fingerprint density at radius 3 is 2.83 bits per heavy atom. The lowest BCUT2D eigenvalue weighted by Crippen LogP contribution is -2.07. The molecule has 1 aromatic heterocycles. The van der Waals surface area contributed by atoms with Crippen LogP contribution in [0.1, 0.15) is 5.56 Å². The van der Waals surface area contributed by atoms with Crippen LogP contribution in [0, 0.1) is 15.9 Å². The van der Waals surface area contributed by atoms with Gasteiger partial charge in [0.1, 0.15) is 12.0 Å². The van der Waals surface area contributed by atoms with Gasteiger partial charge >= 0.3 is 5.69 Å². The van der Waals surface area contributed by atoms with Gasteiger partial charge in [-0.25, -0.2) is 9.07 Å². The van der Waals surface area contributed by atoms with Gasteiger partial charge in [-0.15, -0.1) is 0 Å². The Hall–Kier alpha value is -1.96. The van der Waals surface area contributed by atoms with E-state index in [2.05, 4.69) is 21.0 Å². The van der Waals surface area contributed by atoms with Gasteiger partial charge in [0.05, 0.1) is 15.9 Å². The van der Waals surface area contributed by atoms with Gasteiger partial charge in [0.15, 0.2) is 0 Å². The zero-order valence-electron chi connectivity index (χ0n) is 9.01. The average molecular weight is 315 g/mol. The van der Waals surface area contributed by atoms with E-state index in [-0.39, 0.29) is 18.1 Å². The van der Waals surface area contributed by atoms with Crippen molar-refractivity contribution < 1.29 is 9.31 Å². The first-order valence-electron chi connectivity index (χ1n) is 4.88. The summed E-state index contributed by atoms with van der Waals surface area (Å²) in [6, 6.07) is 4.55. The highest BCUT2D eigenvalue weighted by Crippen LogP contribution is 2.22. The second-order valence-electron chi connectivity index (χ2n) is 3.58. The predicted octanol–water partition coefficient (Wildman–Crippen LogP) is 2.32. The first kappa shape index (κ1) is 12.5. The predicted molar refractivity (Wildman–Crippen MR) is 66.5 cm³/mol. The average Bonchev–Trinajstić information content (AvgIpc) is 2.66. The molecule has 1 heterocycles. The molecule has 0 amide bonds. The van der Waals surface area contributed by atoms with Crippen molar-refractivity contribution in [2.75, 3.05) is 5.73 Å². The number of halogens is 2. The van der Waals surface area contributed by atoms with Crippen molar-refractivity contribution in [2.24, 2.45) is 0 Å². The normalized spacial score (nSPS) is 10.6. The Labute approximate surface area is 109 Å². The maximum Gasteiger partial charge on any atom is 0.330 e. The third-order valence-corrected chi connectivity index (χ3v) is 3.02. The Morgan fingerprint density at radius 1 is 1.56 bits per heavy atom. The van der Waals surface area contributed by atoms with Crippen molar-refractivity contribution in [3.8, 4) is 0 Å². The summed E-state index contributed by atoms with van der Waals surface area (Å²) in [5, 5.41) is 14.4. The number of hydrogen-bond donors (Lipinski definition) is 1. The van der Waals surface area contributed by atoms with Crippen LogP contribution in [0.2, 0.25) is 0 Å². The van der Waals surface area contributed by atoms with E-state index in [9.17, 15) is 14.5 Å². The van der Waals surface area contributed by atoms with E-state index in [4.69, 9.17) is 5.73 Å². The molecule has 0 bridgehead atoms. The molecule has 0 unspecified atom stereocenters. The van der Waals surface area contributed by atoms with Crippen LogP contribution in [0.4, 0.5) is 15.9 Å². The number of rotatable bonds is 3. The second-order valence-corrected chi connectivity index (χ2v) is 4.43. The van der Waals surface area contributed by atoms with E-state index >= 15 is 0 Å². The van der Waals surface area contributed by atoms with Crippen LogP contribution in [0.3, 0.4) is 0 Å². The molecule has 0 aliphatic rings. The highest BCUT2D eigenvalue weighted by atomic mass is 79.9. The van der Waals surface area contributed by atoms with Crippen LogP contribution in [0.15, 0.2) is 28.9 Å². The minimum atomic E-state index is -0.610. The van der Waals surface area contributed by atoms with E-state index < -0.39 is 10.7 Å². The summed E-state index contributed by atoms with van der Waals surface area (Å²) in [5.41, 5.74) is 5.93. The molecule has 2 rings (SSSR count). The van der Waals surface area contributed by atoms with E-state index in [1.807, 2.05) is 0 Å². The Morgan fingerprint density at radius 2 is 2.28 bits per heavy atom. The molecule has 18 heavy (non-hydrogen) atoms. The molecule has 0 aliphatic carbocycles. The summed E-state index contributed by atoms with van der Waals surface area (Å²) >= 11 is 3.04. The van der Waals surface area contributed by atoms with Crippen LogP contribution in [-0.2, 0) is 6.54 Å². The molecule has 2 N–H and O–H groups in total. The summed E-state index contributed by atoms with van der Waals surface area (Å²) in [4.78, 5) is 9.98. The topological polar surface area (TPSA) is 87.0 Å². The van der Waals surface area contributed by atoms with E-state index in [1.54, 1.807) is 12.1 Å². The van der Waals surface area contributed by atoms with Gasteiger partial charge in [0, 0.05) is 0 Å². The lowest BCUT2D eigenvalue weighted by molar-refractivity contribution is -0.384. The molecule has 8 heteroatoms. The summed E-state index contributed by atoms with van der Waals surface area (Å²) in [5.74, 6) is -0.462. The van der Waals surface area contributed by atoms with Crippen molar-refractivity contribution >= 4 is 27.4 Å². The van der Waals surface area contributed by atoms with E-state index in [0.717, 1.165) is 6.20 Å². The standard InChI is InChI=1S/C10H8BrFN4O2/c11-7-2-1-6(3-8(7)12)5-15-10(13)9(4-14-15)16(17)18/h1-4H,5,13H2. The van der Waals surface area contributed by atoms with Gasteiger partial charge < -0.3 is 5.73 Å². The fraction of sp³-hybridized carbons (Fsp3) is 0.100. The van der Waals surface area contributed by atoms with Gasteiger partial charge in [0.25, 0.3) is 0 Å². The number of nitrogen functional groups attached to an aromatic ring is 1. The molecule has 0 saturated carbocycles. The molecule has 0 saturated heterocycles. The molecule has 0 fully saturated rings. The SMILES string of the molecule is Nc1c([N+](=O)[O-])cnn1Cc1ccc(Br)c(F)c1. The number of nitro groups is 1. The Bertz CT molecular complexity index is 614. The highest BCUT2D eigenvalue weighted by Gasteiger charge is 2.17. The molecular weight excluding hydrogens is 307 g/mol. The summed E-state index contributed by atoms with van der Waals surface area (Å²) in [6.07, 6.45) is 1.07. The molecule has 0 atom stereocenters. The van der Waals surface area contributed by atoms with Crippen molar-refractivity contribution in [1.82, 2.24) is 9.78 Å². The van der Waals surface area contributed by atoms with Gasteiger partial charge in [-0.1, -0.05) is 6.07 Å². The molecule has 2 aromatic rings. The summed E-state index contributed by atoms with van der Waals surface area (Å²) in [7, 11) is 0. The summed E-state index contributed by atoms with van der Waals surface area (Å²) in [6.45, 7) is 0.171. The van der Waals surface area contributed by atoms with Crippen LogP contribution >= 0.6 is 15.9 Å². The number of anilines is 1. The van der Waals surface area contributed by atoms with Crippen LogP contribution in [0.25, 0.3) is 0 Å². The molecule has 0 radical (unpaired) electrons. The van der Waals surface area contributed by atoms with E-state index in [0.29, 0.717) is 10.0 Å². The first-order chi connectivity index (χ1) is 8.49. The number of nitrogens with two attached hydrogens (primary N) is 1. The zero-order valence-corrected chi connectivity index (χ0v) is 10.6. The first-order valence-corrected chi connectivity index (χ1v) is 5.68. The fourth-order valence-corrected chi connectivity index (χ4v) is 1.71. The minimum Gasteiger partial charge on any atom is -0.378 e. The molecule has 94 valence electrons. The lowest BCUT2D eigenvalue weighted by Gasteiger charge is -2.04. The summed E-state index contributed by atoms with van der Waals surface area (Å²) < 4.78 is 14.9. The van der Waals surface area contributed by atoms with Crippen LogP contribution in [-0.4, -0.2) is 14.7 Å². The smallest absolute Gasteiger partial charge is 0.330 e. The Balaban J connectivity index is 2.29. The van der Waals surface area contributed by atoms with E-state index in [1.165, 1.54) is 10.7 Å². The van der Waals surface area contributed by atoms with Crippen molar-refractivity contribution in [3.63, 3.8) is 0 Å². The van der Waals surface area contributed by atoms with Crippen molar-refractivity contribution in [1.29, 1.82) is 0 Å². The highest BCUT2D eigenvalue weighted by molar-refractivity contribution is 9.10. The van der Waals surface area contributed by atoms with Crippen molar-refractivity contribution in [3.05, 3.63) is 50.4 Å². The number of aromatic nitrogens is 2. The second kappa shape index (κ2) is 4.73. The van der Waals surface area contributed by atoms with Gasteiger partial charge in [-0.2, -0.15) is 5.10 Å². The molecule has 0 spiro atoms. The quantitative estimate of drug-likeness (QED) is 0.695. The maximum atomic E-state index is 13.3.